The van der Waals surface area contributed by atoms with E-state index in [-0.39, 0.29) is 5.82 Å². The van der Waals surface area contributed by atoms with Crippen LogP contribution in [0.4, 0.5) is 10.2 Å². The molecule has 0 aliphatic carbocycles. The molecule has 2 rings (SSSR count). The molecule has 0 saturated carbocycles. The van der Waals surface area contributed by atoms with Gasteiger partial charge in [0.15, 0.2) is 0 Å². The molecule has 0 radical (unpaired) electrons. The van der Waals surface area contributed by atoms with Gasteiger partial charge in [-0.1, -0.05) is 12.1 Å². The van der Waals surface area contributed by atoms with Crippen LogP contribution in [0.1, 0.15) is 16.7 Å². The number of aryl methyl sites for hydroxylation is 3. The summed E-state index contributed by atoms with van der Waals surface area (Å²) in [5.41, 5.74) is 8.94. The number of anilines is 1. The third-order valence-electron chi connectivity index (χ3n) is 2.89. The van der Waals surface area contributed by atoms with Crippen molar-refractivity contribution in [1.29, 1.82) is 0 Å². The van der Waals surface area contributed by atoms with Gasteiger partial charge in [0.1, 0.15) is 11.6 Å². The normalized spacial score (nSPS) is 10.5. The maximum absolute atomic E-state index is 12.9. The van der Waals surface area contributed by atoms with Gasteiger partial charge in [-0.25, -0.2) is 9.37 Å². The maximum Gasteiger partial charge on any atom is 0.126 e. The molecule has 1 heterocycles. The lowest BCUT2D eigenvalue weighted by molar-refractivity contribution is 0.625. The molecular weight excluding hydrogens is 215 g/mol. The minimum atomic E-state index is -0.188. The van der Waals surface area contributed by atoms with Gasteiger partial charge in [0.25, 0.3) is 0 Å². The molecule has 0 aliphatic rings. The van der Waals surface area contributed by atoms with Crippen LogP contribution in [0, 0.1) is 12.7 Å². The number of pyridine rings is 1. The van der Waals surface area contributed by atoms with Crippen LogP contribution in [-0.4, -0.2) is 4.98 Å². The quantitative estimate of drug-likeness (QED) is 0.880. The summed E-state index contributed by atoms with van der Waals surface area (Å²) in [5, 5.41) is 0. The molecular formula is C14H15FN2. The zero-order valence-electron chi connectivity index (χ0n) is 9.78. The lowest BCUT2D eigenvalue weighted by atomic mass is 10.0. The second kappa shape index (κ2) is 4.95. The summed E-state index contributed by atoms with van der Waals surface area (Å²) < 4.78 is 12.9. The number of hydrogen-bond donors (Lipinski definition) is 1. The van der Waals surface area contributed by atoms with Crippen molar-refractivity contribution in [3.05, 3.63) is 59.0 Å². The van der Waals surface area contributed by atoms with E-state index < -0.39 is 0 Å². The molecule has 2 N–H and O–H groups in total. The van der Waals surface area contributed by atoms with Gasteiger partial charge in [-0.3, -0.25) is 0 Å². The molecule has 88 valence electrons. The van der Waals surface area contributed by atoms with Crippen LogP contribution in [0.15, 0.2) is 36.5 Å². The fraction of sp³-hybridized carbons (Fsp3) is 0.214. The highest BCUT2D eigenvalue weighted by Gasteiger charge is 2.03. The average molecular weight is 230 g/mol. The van der Waals surface area contributed by atoms with Gasteiger partial charge in [0.2, 0.25) is 0 Å². The number of aromatic nitrogens is 1. The van der Waals surface area contributed by atoms with Crippen molar-refractivity contribution < 1.29 is 4.39 Å². The highest BCUT2D eigenvalue weighted by Crippen LogP contribution is 2.15. The molecule has 1 aromatic carbocycles. The van der Waals surface area contributed by atoms with E-state index in [0.717, 1.165) is 29.5 Å². The van der Waals surface area contributed by atoms with Gasteiger partial charge in [0.05, 0.1) is 0 Å². The van der Waals surface area contributed by atoms with Crippen LogP contribution < -0.4 is 5.73 Å². The molecule has 0 fully saturated rings. The van der Waals surface area contributed by atoms with Crippen molar-refractivity contribution >= 4 is 5.82 Å². The molecule has 0 spiro atoms. The average Bonchev–Trinajstić information content (AvgIpc) is 2.30. The summed E-state index contributed by atoms with van der Waals surface area (Å²) in [5.74, 6) is 0.388. The van der Waals surface area contributed by atoms with Gasteiger partial charge in [-0.15, -0.1) is 0 Å². The minimum Gasteiger partial charge on any atom is -0.383 e. The number of nitrogens with zero attached hydrogens (tertiary/aromatic N) is 1. The van der Waals surface area contributed by atoms with Crippen molar-refractivity contribution in [3.8, 4) is 0 Å². The van der Waals surface area contributed by atoms with Crippen molar-refractivity contribution in [2.75, 3.05) is 5.73 Å². The molecule has 17 heavy (non-hydrogen) atoms. The second-order valence-corrected chi connectivity index (χ2v) is 4.12. The van der Waals surface area contributed by atoms with E-state index in [0.29, 0.717) is 5.82 Å². The maximum atomic E-state index is 12.9. The Bertz CT molecular complexity index is 523. The summed E-state index contributed by atoms with van der Waals surface area (Å²) in [6.07, 6.45) is 3.36. The summed E-state index contributed by atoms with van der Waals surface area (Å²) in [6, 6.07) is 8.73. The molecule has 0 saturated heterocycles. The first-order valence-corrected chi connectivity index (χ1v) is 5.61. The SMILES string of the molecule is Cc1cc(F)ccc1CCc1cccnc1N. The number of halogens is 1. The Morgan fingerprint density at radius 2 is 1.94 bits per heavy atom. The Balaban J connectivity index is 2.10. The van der Waals surface area contributed by atoms with Gasteiger partial charge in [-0.05, 0) is 54.7 Å². The van der Waals surface area contributed by atoms with Gasteiger partial charge >= 0.3 is 0 Å². The van der Waals surface area contributed by atoms with E-state index in [2.05, 4.69) is 4.98 Å². The second-order valence-electron chi connectivity index (χ2n) is 4.12. The molecule has 0 amide bonds. The van der Waals surface area contributed by atoms with Gasteiger partial charge in [-0.2, -0.15) is 0 Å². The first-order valence-electron chi connectivity index (χ1n) is 5.61. The highest BCUT2D eigenvalue weighted by molar-refractivity contribution is 5.39. The fourth-order valence-corrected chi connectivity index (χ4v) is 1.87. The lowest BCUT2D eigenvalue weighted by Gasteiger charge is -2.07. The van der Waals surface area contributed by atoms with Crippen LogP contribution in [0.2, 0.25) is 0 Å². The number of benzene rings is 1. The van der Waals surface area contributed by atoms with Crippen molar-refractivity contribution in [2.24, 2.45) is 0 Å². The summed E-state index contributed by atoms with van der Waals surface area (Å²) in [6.45, 7) is 1.92. The Labute approximate surface area is 100 Å². The molecule has 0 atom stereocenters. The first-order chi connectivity index (χ1) is 8.16. The third-order valence-corrected chi connectivity index (χ3v) is 2.89. The highest BCUT2D eigenvalue weighted by atomic mass is 19.1. The molecule has 2 nitrogen and oxygen atoms in total. The largest absolute Gasteiger partial charge is 0.383 e. The molecule has 3 heteroatoms. The predicted molar refractivity (Wildman–Crippen MR) is 67.2 cm³/mol. The first kappa shape index (κ1) is 11.6. The zero-order valence-corrected chi connectivity index (χ0v) is 9.78. The zero-order chi connectivity index (χ0) is 12.3. The Hall–Kier alpha value is -1.90. The van der Waals surface area contributed by atoms with Crippen LogP contribution >= 0.6 is 0 Å². The van der Waals surface area contributed by atoms with Crippen molar-refractivity contribution in [2.45, 2.75) is 19.8 Å². The molecule has 0 aliphatic heterocycles. The van der Waals surface area contributed by atoms with Gasteiger partial charge in [0, 0.05) is 6.20 Å². The molecule has 2 aromatic rings. The van der Waals surface area contributed by atoms with E-state index in [1.807, 2.05) is 25.1 Å². The predicted octanol–water partition coefficient (Wildman–Crippen LogP) is 2.90. The van der Waals surface area contributed by atoms with E-state index in [1.165, 1.54) is 6.07 Å². The van der Waals surface area contributed by atoms with Crippen molar-refractivity contribution in [1.82, 2.24) is 4.98 Å². The van der Waals surface area contributed by atoms with E-state index >= 15 is 0 Å². The van der Waals surface area contributed by atoms with E-state index in [4.69, 9.17) is 5.73 Å². The summed E-state index contributed by atoms with van der Waals surface area (Å²) in [4.78, 5) is 4.05. The topological polar surface area (TPSA) is 38.9 Å². The Morgan fingerprint density at radius 3 is 2.65 bits per heavy atom. The third kappa shape index (κ3) is 2.81. The Kier molecular flexibility index (Phi) is 3.38. The number of hydrogen-bond acceptors (Lipinski definition) is 2. The fourth-order valence-electron chi connectivity index (χ4n) is 1.87. The summed E-state index contributed by atoms with van der Waals surface area (Å²) in [7, 11) is 0. The van der Waals surface area contributed by atoms with Crippen LogP contribution in [0.3, 0.4) is 0 Å². The minimum absolute atomic E-state index is 0.188. The van der Waals surface area contributed by atoms with Crippen LogP contribution in [-0.2, 0) is 12.8 Å². The lowest BCUT2D eigenvalue weighted by Crippen LogP contribution is -2.00. The summed E-state index contributed by atoms with van der Waals surface area (Å²) >= 11 is 0. The molecule has 0 bridgehead atoms. The molecule has 1 aromatic heterocycles. The van der Waals surface area contributed by atoms with E-state index in [9.17, 15) is 4.39 Å². The number of nitrogen functional groups attached to an aromatic ring is 1. The molecule has 0 unspecified atom stereocenters. The smallest absolute Gasteiger partial charge is 0.126 e. The van der Waals surface area contributed by atoms with E-state index in [1.54, 1.807) is 12.3 Å². The Morgan fingerprint density at radius 1 is 1.18 bits per heavy atom. The van der Waals surface area contributed by atoms with Crippen molar-refractivity contribution in [3.63, 3.8) is 0 Å². The number of nitrogens with two attached hydrogens (primary N) is 1. The monoisotopic (exact) mass is 230 g/mol. The van der Waals surface area contributed by atoms with Crippen LogP contribution in [0.25, 0.3) is 0 Å². The standard InChI is InChI=1S/C14H15FN2/c1-10-9-13(15)7-6-11(10)4-5-12-3-2-8-17-14(12)16/h2-3,6-9H,4-5H2,1H3,(H2,16,17). The number of rotatable bonds is 3. The van der Waals surface area contributed by atoms with Gasteiger partial charge < -0.3 is 5.73 Å². The van der Waals surface area contributed by atoms with Crippen LogP contribution in [0.5, 0.6) is 0 Å².